The average molecular weight is 281 g/mol. The second-order valence-electron chi connectivity index (χ2n) is 4.05. The molecule has 0 aliphatic carbocycles. The highest BCUT2D eigenvalue weighted by Crippen LogP contribution is 2.21. The summed E-state index contributed by atoms with van der Waals surface area (Å²) < 4.78 is 13.7. The van der Waals surface area contributed by atoms with Gasteiger partial charge in [0.05, 0.1) is 12.2 Å². The number of hydrogen-bond donors (Lipinski definition) is 2. The van der Waals surface area contributed by atoms with Gasteiger partial charge in [-0.2, -0.15) is 4.98 Å². The summed E-state index contributed by atoms with van der Waals surface area (Å²) in [6.45, 7) is 4.72. The van der Waals surface area contributed by atoms with Crippen LogP contribution in [0.25, 0.3) is 0 Å². The maximum Gasteiger partial charge on any atom is 0.224 e. The van der Waals surface area contributed by atoms with Crippen LogP contribution in [0.15, 0.2) is 17.8 Å². The van der Waals surface area contributed by atoms with Crippen LogP contribution in [0.4, 0.5) is 16.2 Å². The molecule has 1 unspecified atom stereocenters. The van der Waals surface area contributed by atoms with Crippen molar-refractivity contribution < 1.29 is 4.39 Å². The molecule has 7 heteroatoms. The topological polar surface area (TPSA) is 62.7 Å². The van der Waals surface area contributed by atoms with E-state index < -0.39 is 5.82 Å². The van der Waals surface area contributed by atoms with E-state index in [0.29, 0.717) is 5.95 Å². The molecule has 2 aromatic rings. The van der Waals surface area contributed by atoms with Gasteiger partial charge in [-0.3, -0.25) is 0 Å². The molecule has 2 rings (SSSR count). The Morgan fingerprint density at radius 3 is 2.95 bits per heavy atom. The first-order chi connectivity index (χ1) is 9.20. The van der Waals surface area contributed by atoms with Gasteiger partial charge >= 0.3 is 0 Å². The Kier molecular flexibility index (Phi) is 4.62. The third kappa shape index (κ3) is 3.60. The summed E-state index contributed by atoms with van der Waals surface area (Å²) in [5.74, 6) is 0.152. The number of aromatic nitrogens is 3. The lowest BCUT2D eigenvalue weighted by Crippen LogP contribution is -2.12. The lowest BCUT2D eigenvalue weighted by atomic mass is 10.3. The van der Waals surface area contributed by atoms with Gasteiger partial charge < -0.3 is 10.6 Å². The highest BCUT2D eigenvalue weighted by molar-refractivity contribution is 7.09. The lowest BCUT2D eigenvalue weighted by Gasteiger charge is -2.13. The fourth-order valence-electron chi connectivity index (χ4n) is 1.51. The highest BCUT2D eigenvalue weighted by Gasteiger charge is 2.13. The fourth-order valence-corrected chi connectivity index (χ4v) is 2.15. The molecule has 0 saturated heterocycles. The largest absolute Gasteiger partial charge is 0.359 e. The maximum absolute atomic E-state index is 13.7. The smallest absolute Gasteiger partial charge is 0.224 e. The van der Waals surface area contributed by atoms with Crippen LogP contribution in [0.5, 0.6) is 0 Å². The van der Waals surface area contributed by atoms with Gasteiger partial charge in [0.1, 0.15) is 5.01 Å². The molecule has 19 heavy (non-hydrogen) atoms. The Bertz CT molecular complexity index is 517. The summed E-state index contributed by atoms with van der Waals surface area (Å²) >= 11 is 1.52. The molecule has 102 valence electrons. The van der Waals surface area contributed by atoms with Crippen molar-refractivity contribution >= 4 is 23.1 Å². The predicted molar refractivity (Wildman–Crippen MR) is 74.9 cm³/mol. The molecule has 0 aliphatic heterocycles. The summed E-state index contributed by atoms with van der Waals surface area (Å²) in [5.41, 5.74) is 0. The van der Waals surface area contributed by atoms with Gasteiger partial charge in [0.25, 0.3) is 0 Å². The molecule has 0 saturated carbocycles. The molecule has 1 atom stereocenters. The molecule has 0 amide bonds. The molecule has 0 aromatic carbocycles. The second kappa shape index (κ2) is 6.42. The van der Waals surface area contributed by atoms with Crippen molar-refractivity contribution in [2.75, 3.05) is 17.2 Å². The Labute approximate surface area is 115 Å². The van der Waals surface area contributed by atoms with Crippen LogP contribution in [0.1, 0.15) is 31.3 Å². The Morgan fingerprint density at radius 1 is 1.42 bits per heavy atom. The Balaban J connectivity index is 2.10. The zero-order chi connectivity index (χ0) is 13.7. The van der Waals surface area contributed by atoms with E-state index in [2.05, 4.69) is 25.6 Å². The van der Waals surface area contributed by atoms with Gasteiger partial charge in [0, 0.05) is 18.1 Å². The molecule has 2 aromatic heterocycles. The Morgan fingerprint density at radius 2 is 2.26 bits per heavy atom. The summed E-state index contributed by atoms with van der Waals surface area (Å²) in [5, 5.41) is 8.82. The van der Waals surface area contributed by atoms with Crippen molar-refractivity contribution in [2.45, 2.75) is 26.3 Å². The SMILES string of the molecule is CCCNc1ncc(F)c(NC(C)c2nccs2)n1. The van der Waals surface area contributed by atoms with Crippen LogP contribution in [0, 0.1) is 5.82 Å². The van der Waals surface area contributed by atoms with E-state index in [4.69, 9.17) is 0 Å². The van der Waals surface area contributed by atoms with Gasteiger partial charge in [-0.1, -0.05) is 6.92 Å². The summed E-state index contributed by atoms with van der Waals surface area (Å²) in [7, 11) is 0. The van der Waals surface area contributed by atoms with Crippen LogP contribution < -0.4 is 10.6 Å². The molecule has 0 bridgehead atoms. The highest BCUT2D eigenvalue weighted by atomic mass is 32.1. The normalized spacial score (nSPS) is 12.2. The average Bonchev–Trinajstić information content (AvgIpc) is 2.93. The number of nitrogens with zero attached hydrogens (tertiary/aromatic N) is 3. The van der Waals surface area contributed by atoms with Crippen molar-refractivity contribution in [3.05, 3.63) is 28.6 Å². The number of anilines is 2. The maximum atomic E-state index is 13.7. The predicted octanol–water partition coefficient (Wildman–Crippen LogP) is 3.07. The molecular weight excluding hydrogens is 265 g/mol. The minimum absolute atomic E-state index is 0.0941. The van der Waals surface area contributed by atoms with Crippen LogP contribution in [0.2, 0.25) is 0 Å². The first-order valence-electron chi connectivity index (χ1n) is 6.13. The third-order valence-corrected chi connectivity index (χ3v) is 3.41. The zero-order valence-corrected chi connectivity index (χ0v) is 11.7. The van der Waals surface area contributed by atoms with E-state index in [-0.39, 0.29) is 11.9 Å². The van der Waals surface area contributed by atoms with E-state index in [1.807, 2.05) is 19.2 Å². The molecule has 0 fully saturated rings. The second-order valence-corrected chi connectivity index (χ2v) is 4.98. The molecule has 0 radical (unpaired) electrons. The molecule has 2 N–H and O–H groups in total. The van der Waals surface area contributed by atoms with E-state index in [1.54, 1.807) is 6.20 Å². The van der Waals surface area contributed by atoms with Gasteiger partial charge in [0.15, 0.2) is 11.6 Å². The van der Waals surface area contributed by atoms with E-state index in [0.717, 1.165) is 18.0 Å². The van der Waals surface area contributed by atoms with E-state index >= 15 is 0 Å². The molecule has 0 spiro atoms. The van der Waals surface area contributed by atoms with Crippen molar-refractivity contribution in [2.24, 2.45) is 0 Å². The summed E-state index contributed by atoms with van der Waals surface area (Å²) in [4.78, 5) is 12.2. The monoisotopic (exact) mass is 281 g/mol. The van der Waals surface area contributed by atoms with E-state index in [1.165, 1.54) is 17.5 Å². The third-order valence-electron chi connectivity index (χ3n) is 2.45. The van der Waals surface area contributed by atoms with Crippen LogP contribution >= 0.6 is 11.3 Å². The van der Waals surface area contributed by atoms with Gasteiger partial charge in [0.2, 0.25) is 5.95 Å². The number of hydrogen-bond acceptors (Lipinski definition) is 6. The van der Waals surface area contributed by atoms with Crippen molar-refractivity contribution in [3.8, 4) is 0 Å². The molecule has 5 nitrogen and oxygen atoms in total. The van der Waals surface area contributed by atoms with Crippen molar-refractivity contribution in [3.63, 3.8) is 0 Å². The zero-order valence-electron chi connectivity index (χ0n) is 10.9. The summed E-state index contributed by atoms with van der Waals surface area (Å²) in [6.07, 6.45) is 3.85. The standard InChI is InChI=1S/C12H16FN5S/c1-3-4-15-12-16-7-9(13)10(18-12)17-8(2)11-14-5-6-19-11/h5-8H,3-4H2,1-2H3,(H2,15,16,17,18). The van der Waals surface area contributed by atoms with E-state index in [9.17, 15) is 4.39 Å². The minimum Gasteiger partial charge on any atom is -0.359 e. The number of rotatable bonds is 6. The minimum atomic E-state index is -0.467. The van der Waals surface area contributed by atoms with Crippen molar-refractivity contribution in [1.29, 1.82) is 0 Å². The lowest BCUT2D eigenvalue weighted by molar-refractivity contribution is 0.614. The van der Waals surface area contributed by atoms with Crippen LogP contribution in [-0.4, -0.2) is 21.5 Å². The van der Waals surface area contributed by atoms with Gasteiger partial charge in [-0.25, -0.2) is 14.4 Å². The van der Waals surface area contributed by atoms with Crippen LogP contribution in [0.3, 0.4) is 0 Å². The number of nitrogens with one attached hydrogen (secondary N) is 2. The Hall–Kier alpha value is -1.76. The molecule has 2 heterocycles. The van der Waals surface area contributed by atoms with Crippen molar-refractivity contribution in [1.82, 2.24) is 15.0 Å². The molecule has 0 aliphatic rings. The summed E-state index contributed by atoms with van der Waals surface area (Å²) in [6, 6.07) is -0.0941. The number of thiazole rings is 1. The van der Waals surface area contributed by atoms with Gasteiger partial charge in [-0.05, 0) is 13.3 Å². The molecular formula is C12H16FN5S. The van der Waals surface area contributed by atoms with Crippen LogP contribution in [-0.2, 0) is 0 Å². The van der Waals surface area contributed by atoms with Gasteiger partial charge in [-0.15, -0.1) is 11.3 Å². The first-order valence-corrected chi connectivity index (χ1v) is 7.01. The number of halogens is 1. The fraction of sp³-hybridized carbons (Fsp3) is 0.417. The quantitative estimate of drug-likeness (QED) is 0.852. The first kappa shape index (κ1) is 13.7.